The number of ether oxygens (including phenoxy) is 2. The number of hydrogen-bond donors (Lipinski definition) is 2. The molecule has 12 heteroatoms. The second-order valence-electron chi connectivity index (χ2n) is 9.03. The van der Waals surface area contributed by atoms with Gasteiger partial charge in [0.2, 0.25) is 0 Å². The molecule has 0 bridgehead atoms. The Hall–Kier alpha value is -3.96. The number of nitrogens with one attached hydrogen (secondary N) is 2. The molecule has 2 N–H and O–H groups in total. The molecule has 0 aromatic heterocycles. The van der Waals surface area contributed by atoms with Crippen molar-refractivity contribution in [3.8, 4) is 0 Å². The third-order valence-electron chi connectivity index (χ3n) is 5.29. The molecule has 0 aliphatic carbocycles. The molecule has 2 heterocycles. The van der Waals surface area contributed by atoms with Gasteiger partial charge in [-0.05, 0) is 38.8 Å². The van der Waals surface area contributed by atoms with Crippen molar-refractivity contribution in [3.05, 3.63) is 35.4 Å². The SMILES string of the molecule is CC1(C)NC(=O)N(CC(=O)OCc2ccc(COC(=O)CN3C(=O)NC(C)(C)C3=O)cc2)C1=O. The van der Waals surface area contributed by atoms with E-state index in [1.54, 1.807) is 52.0 Å². The topological polar surface area (TPSA) is 151 Å². The maximum atomic E-state index is 12.1. The summed E-state index contributed by atoms with van der Waals surface area (Å²) in [7, 11) is 0. The van der Waals surface area contributed by atoms with Crippen LogP contribution in [0.5, 0.6) is 0 Å². The molecule has 0 unspecified atom stereocenters. The van der Waals surface area contributed by atoms with Gasteiger partial charge in [0.05, 0.1) is 0 Å². The first-order valence-electron chi connectivity index (χ1n) is 10.5. The Morgan fingerprint density at radius 3 is 1.29 bits per heavy atom. The van der Waals surface area contributed by atoms with E-state index in [1.807, 2.05) is 0 Å². The molecule has 34 heavy (non-hydrogen) atoms. The molecule has 0 saturated carbocycles. The maximum absolute atomic E-state index is 12.1. The summed E-state index contributed by atoms with van der Waals surface area (Å²) >= 11 is 0. The Balaban J connectivity index is 1.43. The molecule has 3 rings (SSSR count). The van der Waals surface area contributed by atoms with E-state index >= 15 is 0 Å². The first-order chi connectivity index (χ1) is 15.8. The quantitative estimate of drug-likeness (QED) is 0.407. The number of hydrogen-bond acceptors (Lipinski definition) is 8. The Morgan fingerprint density at radius 2 is 1.03 bits per heavy atom. The van der Waals surface area contributed by atoms with Crippen molar-refractivity contribution >= 4 is 35.8 Å². The molecule has 2 aliphatic rings. The predicted octanol–water partition coefficient (Wildman–Crippen LogP) is 0.434. The first-order valence-corrected chi connectivity index (χ1v) is 10.5. The first kappa shape index (κ1) is 24.7. The molecule has 1 aromatic rings. The van der Waals surface area contributed by atoms with Gasteiger partial charge in [-0.1, -0.05) is 24.3 Å². The molecule has 0 radical (unpaired) electrons. The van der Waals surface area contributed by atoms with Gasteiger partial charge in [0.25, 0.3) is 11.8 Å². The van der Waals surface area contributed by atoms with Crippen LogP contribution < -0.4 is 10.6 Å². The second-order valence-corrected chi connectivity index (χ2v) is 9.03. The number of nitrogens with zero attached hydrogens (tertiary/aromatic N) is 2. The zero-order chi connectivity index (χ0) is 25.3. The number of carbonyl (C=O) groups excluding carboxylic acids is 6. The largest absolute Gasteiger partial charge is 0.459 e. The van der Waals surface area contributed by atoms with Gasteiger partial charge in [-0.25, -0.2) is 9.59 Å². The molecule has 0 spiro atoms. The summed E-state index contributed by atoms with van der Waals surface area (Å²) in [5.41, 5.74) is -0.849. The van der Waals surface area contributed by atoms with E-state index in [-0.39, 0.29) is 13.2 Å². The number of imide groups is 2. The standard InChI is InChI=1S/C22H26N4O8/c1-21(2)17(29)25(19(31)23-21)9-15(27)33-11-13-5-7-14(8-6-13)12-34-16(28)10-26-18(30)22(3,4)24-20(26)32/h5-8H,9-12H2,1-4H3,(H,23,31)(H,24,32). The number of esters is 2. The van der Waals surface area contributed by atoms with Crippen molar-refractivity contribution in [3.63, 3.8) is 0 Å². The summed E-state index contributed by atoms with van der Waals surface area (Å²) < 4.78 is 10.3. The van der Waals surface area contributed by atoms with Gasteiger partial charge in [0.15, 0.2) is 0 Å². The van der Waals surface area contributed by atoms with Crippen molar-refractivity contribution in [1.29, 1.82) is 0 Å². The molecule has 2 fully saturated rings. The zero-order valence-electron chi connectivity index (χ0n) is 19.3. The number of urea groups is 2. The van der Waals surface area contributed by atoms with E-state index in [9.17, 15) is 28.8 Å². The summed E-state index contributed by atoms with van der Waals surface area (Å²) in [6.45, 7) is 5.04. The lowest BCUT2D eigenvalue weighted by atomic mass is 10.1. The van der Waals surface area contributed by atoms with Crippen LogP contribution >= 0.6 is 0 Å². The summed E-state index contributed by atoms with van der Waals surface area (Å²) in [4.78, 5) is 73.6. The highest BCUT2D eigenvalue weighted by atomic mass is 16.5. The van der Waals surface area contributed by atoms with Gasteiger partial charge in [-0.2, -0.15) is 0 Å². The van der Waals surface area contributed by atoms with Crippen LogP contribution in [0.25, 0.3) is 0 Å². The highest BCUT2D eigenvalue weighted by Crippen LogP contribution is 2.17. The van der Waals surface area contributed by atoms with E-state index in [1.165, 1.54) is 0 Å². The normalized spacial score (nSPS) is 18.6. The fraction of sp³-hybridized carbons (Fsp3) is 0.455. The van der Waals surface area contributed by atoms with Crippen LogP contribution in [0.1, 0.15) is 38.8 Å². The third-order valence-corrected chi connectivity index (χ3v) is 5.29. The third kappa shape index (κ3) is 5.33. The van der Waals surface area contributed by atoms with Gasteiger partial charge in [-0.15, -0.1) is 0 Å². The fourth-order valence-electron chi connectivity index (χ4n) is 3.33. The van der Waals surface area contributed by atoms with Gasteiger partial charge in [0.1, 0.15) is 37.4 Å². The molecule has 6 amide bonds. The van der Waals surface area contributed by atoms with E-state index < -0.39 is 60.0 Å². The van der Waals surface area contributed by atoms with Gasteiger partial charge in [-0.3, -0.25) is 29.0 Å². The Labute approximate surface area is 195 Å². The Kier molecular flexibility index (Phi) is 6.62. The molecule has 182 valence electrons. The van der Waals surface area contributed by atoms with E-state index in [0.717, 1.165) is 9.80 Å². The average molecular weight is 474 g/mol. The lowest BCUT2D eigenvalue weighted by Gasteiger charge is -2.15. The molecular formula is C22H26N4O8. The Bertz CT molecular complexity index is 964. The minimum absolute atomic E-state index is 0.0755. The van der Waals surface area contributed by atoms with Gasteiger partial charge in [0, 0.05) is 0 Å². The van der Waals surface area contributed by atoms with E-state index in [4.69, 9.17) is 9.47 Å². The number of benzene rings is 1. The summed E-state index contributed by atoms with van der Waals surface area (Å²) in [5, 5.41) is 4.96. The monoisotopic (exact) mass is 474 g/mol. The molecule has 12 nitrogen and oxygen atoms in total. The second kappa shape index (κ2) is 9.12. The molecule has 1 aromatic carbocycles. The zero-order valence-corrected chi connectivity index (χ0v) is 19.3. The lowest BCUT2D eigenvalue weighted by Crippen LogP contribution is -2.41. The van der Waals surface area contributed by atoms with Crippen molar-refractivity contribution in [2.45, 2.75) is 52.0 Å². The average Bonchev–Trinajstić information content (AvgIpc) is 3.07. The minimum Gasteiger partial charge on any atom is -0.459 e. The van der Waals surface area contributed by atoms with E-state index in [0.29, 0.717) is 11.1 Å². The van der Waals surface area contributed by atoms with Crippen LogP contribution in [0.3, 0.4) is 0 Å². The predicted molar refractivity (Wildman–Crippen MR) is 115 cm³/mol. The van der Waals surface area contributed by atoms with E-state index in [2.05, 4.69) is 10.6 Å². The molecular weight excluding hydrogens is 448 g/mol. The van der Waals surface area contributed by atoms with Crippen LogP contribution in [-0.4, -0.2) is 69.8 Å². The summed E-state index contributed by atoms with van der Waals surface area (Å²) in [6.07, 6.45) is 0. The minimum atomic E-state index is -1.07. The van der Waals surface area contributed by atoms with Gasteiger partial charge < -0.3 is 20.1 Å². The van der Waals surface area contributed by atoms with Crippen molar-refractivity contribution < 1.29 is 38.2 Å². The van der Waals surface area contributed by atoms with Crippen LogP contribution in [-0.2, 0) is 41.9 Å². The number of carbonyl (C=O) groups is 6. The maximum Gasteiger partial charge on any atom is 0.326 e. The smallest absolute Gasteiger partial charge is 0.326 e. The molecule has 2 aliphatic heterocycles. The Morgan fingerprint density at radius 1 is 0.706 bits per heavy atom. The van der Waals surface area contributed by atoms with Crippen molar-refractivity contribution in [2.75, 3.05) is 13.1 Å². The van der Waals surface area contributed by atoms with Crippen molar-refractivity contribution in [1.82, 2.24) is 20.4 Å². The van der Waals surface area contributed by atoms with Crippen LogP contribution in [0.2, 0.25) is 0 Å². The molecule has 0 atom stereocenters. The highest BCUT2D eigenvalue weighted by Gasteiger charge is 2.46. The van der Waals surface area contributed by atoms with Crippen LogP contribution in [0, 0.1) is 0 Å². The molecule has 2 saturated heterocycles. The summed E-state index contributed by atoms with van der Waals surface area (Å²) in [5.74, 6) is -2.48. The van der Waals surface area contributed by atoms with Gasteiger partial charge >= 0.3 is 24.0 Å². The van der Waals surface area contributed by atoms with Crippen LogP contribution in [0.15, 0.2) is 24.3 Å². The number of amides is 6. The highest BCUT2D eigenvalue weighted by molar-refractivity contribution is 6.08. The lowest BCUT2D eigenvalue weighted by molar-refractivity contribution is -0.149. The van der Waals surface area contributed by atoms with Crippen molar-refractivity contribution in [2.24, 2.45) is 0 Å². The van der Waals surface area contributed by atoms with Crippen LogP contribution in [0.4, 0.5) is 9.59 Å². The summed E-state index contributed by atoms with van der Waals surface area (Å²) in [6, 6.07) is 5.34. The number of rotatable bonds is 8. The fourth-order valence-corrected chi connectivity index (χ4v) is 3.33.